The summed E-state index contributed by atoms with van der Waals surface area (Å²) in [6.45, 7) is 6.34. The maximum Gasteiger partial charge on any atom is 0.308 e. The third kappa shape index (κ3) is 4.47. The van der Waals surface area contributed by atoms with Gasteiger partial charge in [0.1, 0.15) is 0 Å². The van der Waals surface area contributed by atoms with E-state index in [0.29, 0.717) is 17.9 Å². The van der Waals surface area contributed by atoms with Crippen LogP contribution in [0, 0.1) is 20.8 Å². The molecule has 0 atom stereocenters. The van der Waals surface area contributed by atoms with Gasteiger partial charge in [0.05, 0.1) is 6.42 Å². The number of esters is 1. The SMILES string of the molecule is Cc1cc(C(=O)COC(=O)CCn2c(C)csc2=O)c(C)n1Cc1ccc2c(c1)OCO2. The van der Waals surface area contributed by atoms with E-state index in [1.165, 1.54) is 4.57 Å². The van der Waals surface area contributed by atoms with E-state index in [2.05, 4.69) is 0 Å². The van der Waals surface area contributed by atoms with E-state index < -0.39 is 5.97 Å². The number of carbonyl (C=O) groups is 2. The Morgan fingerprint density at radius 3 is 2.59 bits per heavy atom. The topological polar surface area (TPSA) is 88.8 Å². The molecule has 1 aliphatic heterocycles. The van der Waals surface area contributed by atoms with Gasteiger partial charge in [0.2, 0.25) is 12.6 Å². The Bertz CT molecular complexity index is 1240. The fourth-order valence-electron chi connectivity index (χ4n) is 3.72. The lowest BCUT2D eigenvalue weighted by Gasteiger charge is -2.11. The second-order valence-corrected chi connectivity index (χ2v) is 8.51. The van der Waals surface area contributed by atoms with E-state index in [0.717, 1.165) is 39.7 Å². The lowest BCUT2D eigenvalue weighted by atomic mass is 10.1. The van der Waals surface area contributed by atoms with Crippen molar-refractivity contribution >= 4 is 23.1 Å². The summed E-state index contributed by atoms with van der Waals surface area (Å²) in [4.78, 5) is 36.4. The van der Waals surface area contributed by atoms with Gasteiger partial charge in [-0.3, -0.25) is 14.4 Å². The maximum atomic E-state index is 12.7. The van der Waals surface area contributed by atoms with Crippen LogP contribution in [0.25, 0.3) is 0 Å². The van der Waals surface area contributed by atoms with Crippen molar-refractivity contribution < 1.29 is 23.8 Å². The molecule has 0 N–H and O–H groups in total. The molecule has 3 heterocycles. The van der Waals surface area contributed by atoms with E-state index in [-0.39, 0.29) is 37.0 Å². The van der Waals surface area contributed by atoms with Crippen LogP contribution >= 0.6 is 11.3 Å². The van der Waals surface area contributed by atoms with Gasteiger partial charge in [-0.2, -0.15) is 0 Å². The quantitative estimate of drug-likeness (QED) is 0.382. The van der Waals surface area contributed by atoms with E-state index in [1.54, 1.807) is 5.38 Å². The van der Waals surface area contributed by atoms with Crippen LogP contribution in [0.15, 0.2) is 34.4 Å². The first-order chi connectivity index (χ1) is 15.3. The van der Waals surface area contributed by atoms with Crippen LogP contribution in [0.5, 0.6) is 11.5 Å². The number of ether oxygens (including phenoxy) is 3. The number of aryl methyl sites for hydroxylation is 2. The molecule has 0 unspecified atom stereocenters. The molecule has 4 rings (SSSR count). The molecule has 32 heavy (non-hydrogen) atoms. The molecule has 8 nitrogen and oxygen atoms in total. The van der Waals surface area contributed by atoms with Gasteiger partial charge >= 0.3 is 10.8 Å². The molecule has 1 aliphatic rings. The molecule has 0 saturated carbocycles. The van der Waals surface area contributed by atoms with E-state index >= 15 is 0 Å². The lowest BCUT2D eigenvalue weighted by molar-refractivity contribution is -0.142. The van der Waals surface area contributed by atoms with Crippen LogP contribution in [0.4, 0.5) is 0 Å². The number of ketones is 1. The number of hydrogen-bond acceptors (Lipinski definition) is 7. The fraction of sp³-hybridized carbons (Fsp3) is 0.348. The summed E-state index contributed by atoms with van der Waals surface area (Å²) >= 11 is 1.10. The lowest BCUT2D eigenvalue weighted by Crippen LogP contribution is -2.20. The molecule has 1 aromatic carbocycles. The number of benzene rings is 1. The minimum absolute atomic E-state index is 0.0356. The van der Waals surface area contributed by atoms with E-state index in [9.17, 15) is 14.4 Å². The molecule has 0 bridgehead atoms. The molecule has 3 aromatic rings. The maximum absolute atomic E-state index is 12.7. The van der Waals surface area contributed by atoms with Gasteiger partial charge in [-0.05, 0) is 44.5 Å². The van der Waals surface area contributed by atoms with Crippen molar-refractivity contribution in [2.24, 2.45) is 0 Å². The Balaban J connectivity index is 1.37. The third-order valence-electron chi connectivity index (χ3n) is 5.53. The fourth-order valence-corrected chi connectivity index (χ4v) is 4.48. The van der Waals surface area contributed by atoms with Crippen molar-refractivity contribution in [3.63, 3.8) is 0 Å². The summed E-state index contributed by atoms with van der Waals surface area (Å²) in [5, 5.41) is 1.75. The molecule has 2 aromatic heterocycles. The molecule has 9 heteroatoms. The number of Topliss-reactive ketones (excluding diaryl/α,β-unsaturated/α-hetero) is 1. The molecule has 0 radical (unpaired) electrons. The van der Waals surface area contributed by atoms with Gasteiger partial charge in [0, 0.05) is 41.1 Å². The Morgan fingerprint density at radius 1 is 1.06 bits per heavy atom. The summed E-state index contributed by atoms with van der Waals surface area (Å²) in [6.07, 6.45) is 0.0356. The smallest absolute Gasteiger partial charge is 0.308 e. The summed E-state index contributed by atoms with van der Waals surface area (Å²) in [5.74, 6) is 0.678. The Kier molecular flexibility index (Phi) is 6.18. The van der Waals surface area contributed by atoms with Crippen molar-refractivity contribution in [1.29, 1.82) is 0 Å². The number of aromatic nitrogens is 2. The first-order valence-electron chi connectivity index (χ1n) is 10.2. The number of hydrogen-bond donors (Lipinski definition) is 0. The van der Waals surface area contributed by atoms with Crippen LogP contribution in [0.2, 0.25) is 0 Å². The Hall–Kier alpha value is -3.33. The van der Waals surface area contributed by atoms with Crippen LogP contribution in [0.3, 0.4) is 0 Å². The van der Waals surface area contributed by atoms with Gasteiger partial charge in [-0.15, -0.1) is 0 Å². The number of thiazole rings is 1. The van der Waals surface area contributed by atoms with Gasteiger partial charge in [-0.1, -0.05) is 17.4 Å². The van der Waals surface area contributed by atoms with Crippen molar-refractivity contribution in [1.82, 2.24) is 9.13 Å². The van der Waals surface area contributed by atoms with Gasteiger partial charge in [0.25, 0.3) is 0 Å². The average Bonchev–Trinajstić information content (AvgIpc) is 3.44. The molecular formula is C23H24N2O6S. The van der Waals surface area contributed by atoms with Crippen LogP contribution in [-0.2, 0) is 22.6 Å². The summed E-state index contributed by atoms with van der Waals surface area (Å²) in [6, 6.07) is 7.59. The zero-order valence-corrected chi connectivity index (χ0v) is 19.0. The molecule has 0 aliphatic carbocycles. The van der Waals surface area contributed by atoms with Crippen molar-refractivity contribution in [3.8, 4) is 11.5 Å². The van der Waals surface area contributed by atoms with Crippen LogP contribution in [0.1, 0.15) is 39.4 Å². The molecule has 168 valence electrons. The Morgan fingerprint density at radius 2 is 1.84 bits per heavy atom. The third-order valence-corrected chi connectivity index (χ3v) is 6.41. The highest BCUT2D eigenvalue weighted by molar-refractivity contribution is 7.07. The first-order valence-corrected chi connectivity index (χ1v) is 11.1. The Labute approximate surface area is 189 Å². The zero-order chi connectivity index (χ0) is 22.8. The molecule has 0 spiro atoms. The number of nitrogens with zero attached hydrogens (tertiary/aromatic N) is 2. The molecule has 0 fully saturated rings. The van der Waals surface area contributed by atoms with Crippen molar-refractivity contribution in [2.45, 2.75) is 40.3 Å². The van der Waals surface area contributed by atoms with Crippen molar-refractivity contribution in [2.75, 3.05) is 13.4 Å². The van der Waals surface area contributed by atoms with Crippen LogP contribution < -0.4 is 14.3 Å². The second kappa shape index (κ2) is 9.04. The molecular weight excluding hydrogens is 432 g/mol. The van der Waals surface area contributed by atoms with Gasteiger partial charge in [-0.25, -0.2) is 0 Å². The normalized spacial score (nSPS) is 12.2. The zero-order valence-electron chi connectivity index (χ0n) is 18.2. The largest absolute Gasteiger partial charge is 0.457 e. The predicted molar refractivity (Wildman–Crippen MR) is 119 cm³/mol. The summed E-state index contributed by atoms with van der Waals surface area (Å²) in [5.41, 5.74) is 4.10. The number of rotatable bonds is 8. The highest BCUT2D eigenvalue weighted by atomic mass is 32.1. The minimum atomic E-state index is -0.509. The van der Waals surface area contributed by atoms with Crippen LogP contribution in [-0.4, -0.2) is 34.3 Å². The highest BCUT2D eigenvalue weighted by Gasteiger charge is 2.19. The molecule has 0 saturated heterocycles. The average molecular weight is 457 g/mol. The standard InChI is InChI=1S/C23H24N2O6S/c1-14-8-18(16(3)25(14)10-17-4-5-20-21(9-17)31-13-30-20)19(26)11-29-22(27)6-7-24-15(2)12-32-23(24)28/h4-5,8-9,12H,6-7,10-11,13H2,1-3H3. The van der Waals surface area contributed by atoms with Gasteiger partial charge < -0.3 is 23.3 Å². The van der Waals surface area contributed by atoms with Gasteiger partial charge in [0.15, 0.2) is 18.1 Å². The molecule has 0 amide bonds. The number of carbonyl (C=O) groups excluding carboxylic acids is 2. The monoisotopic (exact) mass is 456 g/mol. The van der Waals surface area contributed by atoms with E-state index in [4.69, 9.17) is 14.2 Å². The summed E-state index contributed by atoms with van der Waals surface area (Å²) < 4.78 is 19.5. The number of fused-ring (bicyclic) bond motifs is 1. The summed E-state index contributed by atoms with van der Waals surface area (Å²) in [7, 11) is 0. The van der Waals surface area contributed by atoms with Crippen molar-refractivity contribution in [3.05, 3.63) is 67.5 Å². The first kappa shape index (κ1) is 21.9. The van der Waals surface area contributed by atoms with E-state index in [1.807, 2.05) is 49.6 Å². The minimum Gasteiger partial charge on any atom is -0.457 e. The second-order valence-electron chi connectivity index (χ2n) is 7.69. The highest BCUT2D eigenvalue weighted by Crippen LogP contribution is 2.33. The predicted octanol–water partition coefficient (Wildman–Crippen LogP) is 3.23.